The Bertz CT molecular complexity index is 1440. The van der Waals surface area contributed by atoms with Gasteiger partial charge in [0.2, 0.25) is 6.54 Å². The van der Waals surface area contributed by atoms with Crippen molar-refractivity contribution in [3.63, 3.8) is 0 Å². The average Bonchev–Trinajstić information content (AvgIpc) is 3.24. The van der Waals surface area contributed by atoms with Gasteiger partial charge in [0.05, 0.1) is 11.1 Å². The largest absolute Gasteiger partial charge is 0.490 e. The van der Waals surface area contributed by atoms with Gasteiger partial charge in [-0.15, -0.1) is 10.2 Å². The van der Waals surface area contributed by atoms with E-state index >= 15 is 0 Å². The molecule has 0 spiro atoms. The van der Waals surface area contributed by atoms with Crippen LogP contribution in [-0.2, 0) is 6.61 Å². The number of aromatic nitrogens is 3. The monoisotopic (exact) mass is 620 g/mol. The Labute approximate surface area is 236 Å². The van der Waals surface area contributed by atoms with Crippen molar-refractivity contribution in [2.45, 2.75) is 30.9 Å². The Hall–Kier alpha value is -3.15. The van der Waals surface area contributed by atoms with E-state index in [-0.39, 0.29) is 23.9 Å². The van der Waals surface area contributed by atoms with E-state index in [1.165, 1.54) is 17.8 Å². The minimum Gasteiger partial charge on any atom is -0.490 e. The molecule has 0 unspecified atom stereocenters. The number of nitrogens with zero attached hydrogens (tertiary/aromatic N) is 4. The van der Waals surface area contributed by atoms with Gasteiger partial charge < -0.3 is 9.47 Å². The van der Waals surface area contributed by atoms with Gasteiger partial charge in [-0.05, 0) is 77.8 Å². The molecule has 1 atom stereocenters. The second-order valence-electron chi connectivity index (χ2n) is 8.11. The van der Waals surface area contributed by atoms with Crippen LogP contribution in [0.2, 0.25) is 5.02 Å². The smallest absolute Gasteiger partial charge is 0.220 e. The fraction of sp³-hybridized carbons (Fsp3) is 0.231. The highest BCUT2D eigenvalue weighted by Gasteiger charge is 2.26. The molecule has 198 valence electrons. The lowest BCUT2D eigenvalue weighted by atomic mass is 10.1. The Morgan fingerprint density at radius 3 is 2.58 bits per heavy atom. The van der Waals surface area contributed by atoms with Crippen LogP contribution in [0.25, 0.3) is 5.69 Å². The van der Waals surface area contributed by atoms with Crippen LogP contribution < -0.4 is 9.47 Å². The summed E-state index contributed by atoms with van der Waals surface area (Å²) in [5.74, 6) is 1.02. The number of ether oxygens (including phenoxy) is 2. The maximum atomic E-state index is 14.1. The van der Waals surface area contributed by atoms with Crippen molar-refractivity contribution < 1.29 is 18.8 Å². The molecule has 8 nitrogen and oxygen atoms in total. The lowest BCUT2D eigenvalue weighted by Gasteiger charge is -2.19. The number of halogens is 3. The maximum Gasteiger partial charge on any atom is 0.220 e. The van der Waals surface area contributed by atoms with Gasteiger partial charge in [0, 0.05) is 21.2 Å². The molecule has 0 aliphatic carbocycles. The van der Waals surface area contributed by atoms with Gasteiger partial charge in [-0.3, -0.25) is 14.7 Å². The van der Waals surface area contributed by atoms with E-state index in [1.807, 2.05) is 23.6 Å². The molecule has 0 N–H and O–H groups in total. The summed E-state index contributed by atoms with van der Waals surface area (Å²) in [6, 6.07) is 17.0. The van der Waals surface area contributed by atoms with Gasteiger partial charge in [-0.2, -0.15) is 0 Å². The molecule has 0 radical (unpaired) electrons. The van der Waals surface area contributed by atoms with E-state index < -0.39 is 5.25 Å². The summed E-state index contributed by atoms with van der Waals surface area (Å²) >= 11 is 10.8. The van der Waals surface area contributed by atoms with Gasteiger partial charge in [-0.1, -0.05) is 41.6 Å². The van der Waals surface area contributed by atoms with Gasteiger partial charge in [0.25, 0.3) is 0 Å². The average molecular weight is 622 g/mol. The van der Waals surface area contributed by atoms with Crippen molar-refractivity contribution in [1.29, 1.82) is 0 Å². The quantitative estimate of drug-likeness (QED) is 0.0992. The Morgan fingerprint density at radius 1 is 1.16 bits per heavy atom. The predicted octanol–water partition coefficient (Wildman–Crippen LogP) is 7.22. The fourth-order valence-corrected chi connectivity index (χ4v) is 5.58. The van der Waals surface area contributed by atoms with Crippen LogP contribution in [0.5, 0.6) is 11.5 Å². The summed E-state index contributed by atoms with van der Waals surface area (Å²) in [7, 11) is 0. The molecule has 4 aromatic rings. The number of hydrogen-bond acceptors (Lipinski definition) is 7. The highest BCUT2D eigenvalue weighted by molar-refractivity contribution is 9.10. The first-order chi connectivity index (χ1) is 18.3. The molecular formula is C26H23BrClFN4O4S. The Balaban J connectivity index is 1.67. The first-order valence-electron chi connectivity index (χ1n) is 11.6. The molecule has 0 amide bonds. The van der Waals surface area contributed by atoms with Crippen LogP contribution in [0.1, 0.15) is 29.1 Å². The summed E-state index contributed by atoms with van der Waals surface area (Å²) in [5, 5.41) is 20.6. The topological polar surface area (TPSA) is 92.3 Å². The number of hydrogen-bond donors (Lipinski definition) is 0. The van der Waals surface area contributed by atoms with E-state index in [1.54, 1.807) is 49.4 Å². The highest BCUT2D eigenvalue weighted by atomic mass is 79.9. The third kappa shape index (κ3) is 6.64. The summed E-state index contributed by atoms with van der Waals surface area (Å²) in [4.78, 5) is 11.3. The van der Waals surface area contributed by atoms with Crippen LogP contribution in [0, 0.1) is 22.9 Å². The van der Waals surface area contributed by atoms with Crippen molar-refractivity contribution in [3.8, 4) is 17.2 Å². The third-order valence-electron chi connectivity index (χ3n) is 5.48. The predicted molar refractivity (Wildman–Crippen MR) is 148 cm³/mol. The van der Waals surface area contributed by atoms with E-state index in [2.05, 4.69) is 26.1 Å². The Kier molecular flexibility index (Phi) is 9.24. The minimum absolute atomic E-state index is 0.0127. The molecule has 4 rings (SSSR count). The third-order valence-corrected chi connectivity index (χ3v) is 7.50. The SMILES string of the molecule is CCOc1cc([C@@H](C[N+](=O)[O-])Sc2nnc(C)n2-c2ccc(Cl)cc2)cc(Br)c1OCc1ccccc1F. The Morgan fingerprint density at radius 2 is 1.89 bits per heavy atom. The van der Waals surface area contributed by atoms with E-state index in [4.69, 9.17) is 21.1 Å². The fourth-order valence-electron chi connectivity index (χ4n) is 3.72. The number of aryl methyl sites for hydroxylation is 1. The molecule has 0 fully saturated rings. The maximum absolute atomic E-state index is 14.1. The summed E-state index contributed by atoms with van der Waals surface area (Å²) < 4.78 is 28.2. The first-order valence-corrected chi connectivity index (χ1v) is 13.6. The van der Waals surface area contributed by atoms with Crippen molar-refractivity contribution >= 4 is 39.3 Å². The molecule has 3 aromatic carbocycles. The molecule has 38 heavy (non-hydrogen) atoms. The molecular weight excluding hydrogens is 599 g/mol. The van der Waals surface area contributed by atoms with Gasteiger partial charge in [0.1, 0.15) is 23.5 Å². The normalized spacial score (nSPS) is 11.8. The number of benzene rings is 3. The molecule has 0 saturated carbocycles. The summed E-state index contributed by atoms with van der Waals surface area (Å²) in [6.45, 7) is 3.58. The molecule has 0 aliphatic rings. The molecule has 12 heteroatoms. The highest BCUT2D eigenvalue weighted by Crippen LogP contribution is 2.43. The second kappa shape index (κ2) is 12.6. The standard InChI is InChI=1S/C26H23BrClFN4O4S/c1-3-36-23-13-18(12-21(27)25(23)37-15-17-6-4-5-7-22(17)29)24(14-32(34)35)38-26-31-30-16(2)33(26)20-10-8-19(28)9-11-20/h4-13,24H,3,14-15H2,1-2H3/t24-/m1/s1. The van der Waals surface area contributed by atoms with Gasteiger partial charge >= 0.3 is 0 Å². The lowest BCUT2D eigenvalue weighted by molar-refractivity contribution is -0.479. The molecule has 0 bridgehead atoms. The molecule has 1 aromatic heterocycles. The zero-order chi connectivity index (χ0) is 27.2. The van der Waals surface area contributed by atoms with E-state index in [0.29, 0.717) is 49.7 Å². The minimum atomic E-state index is -0.629. The lowest BCUT2D eigenvalue weighted by Crippen LogP contribution is -2.12. The van der Waals surface area contributed by atoms with Crippen LogP contribution >= 0.6 is 39.3 Å². The zero-order valence-corrected chi connectivity index (χ0v) is 23.6. The number of rotatable bonds is 11. The van der Waals surface area contributed by atoms with Gasteiger partial charge in [-0.25, -0.2) is 4.39 Å². The van der Waals surface area contributed by atoms with Crippen molar-refractivity contribution in [1.82, 2.24) is 14.8 Å². The molecule has 0 saturated heterocycles. The van der Waals surface area contributed by atoms with E-state index in [0.717, 1.165) is 5.69 Å². The van der Waals surface area contributed by atoms with Gasteiger partial charge in [0.15, 0.2) is 16.7 Å². The van der Waals surface area contributed by atoms with Crippen molar-refractivity contribution in [2.75, 3.05) is 13.2 Å². The molecule has 1 heterocycles. The first kappa shape index (κ1) is 27.9. The zero-order valence-electron chi connectivity index (χ0n) is 20.4. The number of nitro groups is 1. The second-order valence-corrected chi connectivity index (χ2v) is 10.6. The van der Waals surface area contributed by atoms with Crippen LogP contribution in [0.4, 0.5) is 4.39 Å². The van der Waals surface area contributed by atoms with Crippen LogP contribution in [0.15, 0.2) is 70.3 Å². The van der Waals surface area contributed by atoms with Crippen LogP contribution in [-0.4, -0.2) is 32.8 Å². The summed E-state index contributed by atoms with van der Waals surface area (Å²) in [5.41, 5.74) is 1.81. The van der Waals surface area contributed by atoms with Crippen molar-refractivity contribution in [2.24, 2.45) is 0 Å². The summed E-state index contributed by atoms with van der Waals surface area (Å²) in [6.07, 6.45) is 0. The molecule has 0 aliphatic heterocycles. The van der Waals surface area contributed by atoms with Crippen LogP contribution in [0.3, 0.4) is 0 Å². The van der Waals surface area contributed by atoms with Crippen molar-refractivity contribution in [3.05, 3.63) is 103 Å². The van der Waals surface area contributed by atoms with E-state index in [9.17, 15) is 14.5 Å². The number of thioether (sulfide) groups is 1.